The molecule has 6 rings (SSSR count). The smallest absolute Gasteiger partial charge is 0.284 e. The zero-order valence-corrected chi connectivity index (χ0v) is 21.2. The number of anilines is 2. The van der Waals surface area contributed by atoms with Crippen LogP contribution in [0.1, 0.15) is 80.9 Å². The highest BCUT2D eigenvalue weighted by Crippen LogP contribution is 2.37. The van der Waals surface area contributed by atoms with E-state index in [1.54, 1.807) is 17.1 Å². The van der Waals surface area contributed by atoms with Crippen LogP contribution in [0.5, 0.6) is 0 Å². The van der Waals surface area contributed by atoms with E-state index in [0.717, 1.165) is 57.4 Å². The molecule has 37 heavy (non-hydrogen) atoms. The van der Waals surface area contributed by atoms with Crippen LogP contribution >= 0.6 is 0 Å². The van der Waals surface area contributed by atoms with Gasteiger partial charge in [0.1, 0.15) is 11.4 Å². The summed E-state index contributed by atoms with van der Waals surface area (Å²) in [6.07, 6.45) is 8.32. The van der Waals surface area contributed by atoms with Crippen LogP contribution in [-0.2, 0) is 4.74 Å². The fraction of sp³-hybridized carbons (Fsp3) is 0.615. The van der Waals surface area contributed by atoms with Crippen molar-refractivity contribution in [3.63, 3.8) is 0 Å². The van der Waals surface area contributed by atoms with Gasteiger partial charge in [0.05, 0.1) is 30.1 Å². The van der Waals surface area contributed by atoms with Crippen LogP contribution in [0.4, 0.5) is 20.3 Å². The van der Waals surface area contributed by atoms with Crippen molar-refractivity contribution in [1.82, 2.24) is 24.4 Å². The Balaban J connectivity index is 1.22. The molecule has 198 valence electrons. The molecule has 0 aromatic carbocycles. The standard InChI is InChI=1S/C26H33F2N7O2/c1-15(2)16-3-5-17(6-4-16)35-14-21(23(32-35)24(27)28)30-26(36)20-11-29-34-10-9-22(31-25(20)34)33-12-18-7-8-19(13-33)37-18/h9-11,14-19,24H,3-8,12-13H2,1-2H3,(H,30,36)/t16?,17?,18-,19+. The molecule has 1 amide bonds. The van der Waals surface area contributed by atoms with Crippen molar-refractivity contribution < 1.29 is 18.3 Å². The molecule has 0 unspecified atom stereocenters. The van der Waals surface area contributed by atoms with Crippen molar-refractivity contribution in [3.05, 3.63) is 35.9 Å². The first-order valence-corrected chi connectivity index (χ1v) is 13.3. The van der Waals surface area contributed by atoms with E-state index in [0.29, 0.717) is 17.5 Å². The number of fused-ring (bicyclic) bond motifs is 3. The third-order valence-corrected chi connectivity index (χ3v) is 8.24. The fourth-order valence-electron chi connectivity index (χ4n) is 6.07. The van der Waals surface area contributed by atoms with Crippen molar-refractivity contribution in [3.8, 4) is 0 Å². The molecular formula is C26H33F2N7O2. The lowest BCUT2D eigenvalue weighted by Gasteiger charge is -2.32. The number of amides is 1. The summed E-state index contributed by atoms with van der Waals surface area (Å²) in [6, 6.07) is 1.93. The number of aromatic nitrogens is 5. The van der Waals surface area contributed by atoms with Gasteiger partial charge in [-0.3, -0.25) is 9.48 Å². The summed E-state index contributed by atoms with van der Waals surface area (Å²) in [7, 11) is 0. The Bertz CT molecular complexity index is 1270. The van der Waals surface area contributed by atoms with Crippen molar-refractivity contribution in [2.45, 2.75) is 77.0 Å². The topological polar surface area (TPSA) is 89.6 Å². The van der Waals surface area contributed by atoms with E-state index in [-0.39, 0.29) is 29.5 Å². The molecule has 1 aliphatic carbocycles. The highest BCUT2D eigenvalue weighted by molar-refractivity contribution is 6.08. The number of rotatable bonds is 6. The first kappa shape index (κ1) is 24.3. The molecule has 1 saturated carbocycles. The monoisotopic (exact) mass is 513 g/mol. The lowest BCUT2D eigenvalue weighted by molar-refractivity contribution is 0.0302. The Kier molecular flexibility index (Phi) is 6.34. The van der Waals surface area contributed by atoms with Crippen molar-refractivity contribution in [2.24, 2.45) is 11.8 Å². The largest absolute Gasteiger partial charge is 0.371 e. The summed E-state index contributed by atoms with van der Waals surface area (Å²) in [4.78, 5) is 20.1. The molecule has 3 fully saturated rings. The fourth-order valence-corrected chi connectivity index (χ4v) is 6.07. The van der Waals surface area contributed by atoms with Crippen LogP contribution < -0.4 is 10.2 Å². The van der Waals surface area contributed by atoms with Crippen molar-refractivity contribution in [1.29, 1.82) is 0 Å². The van der Waals surface area contributed by atoms with Crippen molar-refractivity contribution >= 4 is 23.1 Å². The molecule has 3 aromatic heterocycles. The number of ether oxygens (including phenoxy) is 1. The van der Waals surface area contributed by atoms with Gasteiger partial charge in [0.15, 0.2) is 11.3 Å². The van der Waals surface area contributed by atoms with Gasteiger partial charge in [0.25, 0.3) is 12.3 Å². The van der Waals surface area contributed by atoms with Crippen LogP contribution in [0.2, 0.25) is 0 Å². The second kappa shape index (κ2) is 9.66. The minimum absolute atomic E-state index is 0.0336. The van der Waals surface area contributed by atoms with Gasteiger partial charge in [-0.2, -0.15) is 10.2 Å². The summed E-state index contributed by atoms with van der Waals surface area (Å²) in [5.74, 6) is 1.48. The molecule has 0 radical (unpaired) electrons. The number of carbonyl (C=O) groups excluding carboxylic acids is 1. The molecule has 2 bridgehead atoms. The quantitative estimate of drug-likeness (QED) is 0.506. The van der Waals surface area contributed by atoms with Gasteiger partial charge in [-0.05, 0) is 56.4 Å². The predicted octanol–water partition coefficient (Wildman–Crippen LogP) is 4.87. The normalized spacial score (nSPS) is 25.9. The lowest BCUT2D eigenvalue weighted by Crippen LogP contribution is -2.43. The highest BCUT2D eigenvalue weighted by Gasteiger charge is 2.34. The van der Waals surface area contributed by atoms with E-state index >= 15 is 0 Å². The van der Waals surface area contributed by atoms with E-state index in [1.807, 2.05) is 6.07 Å². The summed E-state index contributed by atoms with van der Waals surface area (Å²) in [5, 5.41) is 11.1. The first-order valence-electron chi connectivity index (χ1n) is 13.3. The summed E-state index contributed by atoms with van der Waals surface area (Å²) < 4.78 is 36.8. The molecule has 3 aromatic rings. The number of carbonyl (C=O) groups is 1. The Labute approximate surface area is 214 Å². The molecule has 9 nitrogen and oxygen atoms in total. The van der Waals surface area contributed by atoms with E-state index in [1.165, 1.54) is 10.7 Å². The summed E-state index contributed by atoms with van der Waals surface area (Å²) in [5.41, 5.74) is 0.231. The molecule has 5 heterocycles. The number of halogens is 2. The lowest BCUT2D eigenvalue weighted by atomic mass is 9.80. The van der Waals surface area contributed by atoms with Crippen LogP contribution in [-0.4, -0.2) is 55.6 Å². The molecule has 3 aliphatic rings. The van der Waals surface area contributed by atoms with Crippen molar-refractivity contribution in [2.75, 3.05) is 23.3 Å². The number of hydrogen-bond donors (Lipinski definition) is 1. The Morgan fingerprint density at radius 1 is 1.11 bits per heavy atom. The Morgan fingerprint density at radius 3 is 2.51 bits per heavy atom. The average molecular weight is 514 g/mol. The Morgan fingerprint density at radius 2 is 1.84 bits per heavy atom. The van der Waals surface area contributed by atoms with Gasteiger partial charge in [0, 0.05) is 25.5 Å². The number of hydrogen-bond acceptors (Lipinski definition) is 6. The molecule has 2 aliphatic heterocycles. The molecule has 0 spiro atoms. The third kappa shape index (κ3) is 4.69. The molecule has 2 atom stereocenters. The van der Waals surface area contributed by atoms with E-state index in [4.69, 9.17) is 9.72 Å². The van der Waals surface area contributed by atoms with Gasteiger partial charge in [-0.1, -0.05) is 13.8 Å². The van der Waals surface area contributed by atoms with Gasteiger partial charge < -0.3 is 15.0 Å². The summed E-state index contributed by atoms with van der Waals surface area (Å²) >= 11 is 0. The first-order chi connectivity index (χ1) is 17.9. The zero-order valence-electron chi connectivity index (χ0n) is 21.2. The number of nitrogens with zero attached hydrogens (tertiary/aromatic N) is 6. The number of alkyl halides is 2. The van der Waals surface area contributed by atoms with Crippen LogP contribution in [0.15, 0.2) is 24.7 Å². The maximum atomic E-state index is 13.9. The second-order valence-electron chi connectivity index (χ2n) is 11.0. The predicted molar refractivity (Wildman–Crippen MR) is 134 cm³/mol. The minimum atomic E-state index is -2.80. The average Bonchev–Trinajstić information content (AvgIpc) is 3.60. The Hall–Kier alpha value is -3.08. The van der Waals surface area contributed by atoms with Crippen LogP contribution in [0.25, 0.3) is 5.65 Å². The zero-order chi connectivity index (χ0) is 25.7. The molecular weight excluding hydrogens is 480 g/mol. The van der Waals surface area contributed by atoms with Gasteiger partial charge in [-0.25, -0.2) is 18.3 Å². The van der Waals surface area contributed by atoms with E-state index < -0.39 is 18.0 Å². The third-order valence-electron chi connectivity index (χ3n) is 8.24. The highest BCUT2D eigenvalue weighted by atomic mass is 19.3. The molecule has 2 saturated heterocycles. The van der Waals surface area contributed by atoms with Crippen LogP contribution in [0.3, 0.4) is 0 Å². The molecule has 1 N–H and O–H groups in total. The number of morpholine rings is 1. The van der Waals surface area contributed by atoms with Gasteiger partial charge >= 0.3 is 0 Å². The SMILES string of the molecule is CC(C)C1CCC(n2cc(NC(=O)c3cnn4ccc(N5C[C@H]6CC[C@@H](C5)O6)nc34)c(C(F)F)n2)CC1. The van der Waals surface area contributed by atoms with Gasteiger partial charge in [-0.15, -0.1) is 0 Å². The van der Waals surface area contributed by atoms with Gasteiger partial charge in [0.2, 0.25) is 0 Å². The molecule has 11 heteroatoms. The van der Waals surface area contributed by atoms with E-state index in [2.05, 4.69) is 34.3 Å². The maximum Gasteiger partial charge on any atom is 0.284 e. The maximum absolute atomic E-state index is 13.9. The number of nitrogens with one attached hydrogen (secondary N) is 1. The minimum Gasteiger partial charge on any atom is -0.371 e. The van der Waals surface area contributed by atoms with Crippen LogP contribution in [0, 0.1) is 11.8 Å². The summed E-state index contributed by atoms with van der Waals surface area (Å²) in [6.45, 7) is 5.96. The second-order valence-corrected chi connectivity index (χ2v) is 11.0. The van der Waals surface area contributed by atoms with E-state index in [9.17, 15) is 13.6 Å².